The Labute approximate surface area is 208 Å². The Morgan fingerprint density at radius 3 is 2.58 bits per heavy atom. The summed E-state index contributed by atoms with van der Waals surface area (Å²) in [6.45, 7) is 2.03. The number of hydrogen-bond donors (Lipinski definition) is 2. The van der Waals surface area contributed by atoms with Crippen molar-refractivity contribution in [2.75, 3.05) is 18.0 Å². The lowest BCUT2D eigenvalue weighted by molar-refractivity contribution is -0.118. The van der Waals surface area contributed by atoms with Crippen molar-refractivity contribution in [2.45, 2.75) is 30.3 Å². The lowest BCUT2D eigenvalue weighted by Crippen LogP contribution is -2.41. The van der Waals surface area contributed by atoms with Gasteiger partial charge in [-0.05, 0) is 77.7 Å². The zero-order chi connectivity index (χ0) is 22.5. The maximum atomic E-state index is 13.1. The first-order chi connectivity index (χ1) is 15.3. The van der Waals surface area contributed by atoms with E-state index in [0.717, 1.165) is 41.4 Å². The highest BCUT2D eigenvalue weighted by Gasteiger charge is 2.37. The fourth-order valence-electron chi connectivity index (χ4n) is 4.34. The Morgan fingerprint density at radius 2 is 1.76 bits per heavy atom. The number of benzene rings is 3. The lowest BCUT2D eigenvalue weighted by Gasteiger charge is -2.23. The highest BCUT2D eigenvalue weighted by atomic mass is 35.5. The average molecular weight is 527 g/mol. The molecular formula is C23H22Cl3N3O3S. The average Bonchev–Trinajstić information content (AvgIpc) is 3.12. The van der Waals surface area contributed by atoms with Crippen LogP contribution in [0.2, 0.25) is 10.0 Å². The summed E-state index contributed by atoms with van der Waals surface area (Å²) in [4.78, 5) is 14.8. The zero-order valence-electron chi connectivity index (χ0n) is 17.5. The van der Waals surface area contributed by atoms with Crippen LogP contribution in [-0.2, 0) is 27.8 Å². The van der Waals surface area contributed by atoms with Gasteiger partial charge in [-0.2, -0.15) is 4.72 Å². The third kappa shape index (κ3) is 4.71. The van der Waals surface area contributed by atoms with E-state index in [2.05, 4.69) is 10.0 Å². The molecule has 2 aliphatic rings. The molecule has 2 aliphatic heterocycles. The summed E-state index contributed by atoms with van der Waals surface area (Å²) >= 11 is 12.5. The number of nitrogens with zero attached hydrogens (tertiary/aromatic N) is 1. The van der Waals surface area contributed by atoms with Gasteiger partial charge >= 0.3 is 0 Å². The van der Waals surface area contributed by atoms with E-state index in [9.17, 15) is 13.2 Å². The number of hydrogen-bond acceptors (Lipinski definition) is 4. The summed E-state index contributed by atoms with van der Waals surface area (Å²) in [5, 5.41) is 5.99. The van der Waals surface area contributed by atoms with Gasteiger partial charge in [-0.1, -0.05) is 35.3 Å². The van der Waals surface area contributed by atoms with Crippen LogP contribution in [0.3, 0.4) is 0 Å². The fourth-order valence-corrected chi connectivity index (χ4v) is 6.07. The Hall–Kier alpha value is -1.87. The molecule has 33 heavy (non-hydrogen) atoms. The molecule has 1 atom stereocenters. The molecule has 1 amide bonds. The first-order valence-electron chi connectivity index (χ1n) is 10.4. The Balaban J connectivity index is 0.00000259. The van der Waals surface area contributed by atoms with Gasteiger partial charge in [-0.15, -0.1) is 12.4 Å². The molecule has 0 radical (unpaired) electrons. The van der Waals surface area contributed by atoms with Gasteiger partial charge in [0.15, 0.2) is 0 Å². The van der Waals surface area contributed by atoms with Crippen LogP contribution >= 0.6 is 35.6 Å². The third-order valence-corrected chi connectivity index (χ3v) is 8.04. The molecule has 174 valence electrons. The first-order valence-corrected chi connectivity index (χ1v) is 12.6. The molecule has 0 spiro atoms. The van der Waals surface area contributed by atoms with Crippen LogP contribution in [0, 0.1) is 0 Å². The maximum Gasteiger partial charge on any atom is 0.245 e. The fraction of sp³-hybridized carbons (Fsp3) is 0.261. The highest BCUT2D eigenvalue weighted by Crippen LogP contribution is 2.34. The number of rotatable bonds is 4. The van der Waals surface area contributed by atoms with Crippen LogP contribution in [0.15, 0.2) is 53.4 Å². The molecule has 2 N–H and O–H groups in total. The van der Waals surface area contributed by atoms with Crippen LogP contribution < -0.4 is 14.9 Å². The molecule has 3 aromatic carbocycles. The second kappa shape index (κ2) is 9.41. The SMILES string of the molecule is Cl.O=C1[C@@H](NS(=O)(=O)c2ccc3cc(Cl)ccc3c2)CCN1c1cc2c(cc1Cl)CNCC2. The molecule has 0 aromatic heterocycles. The van der Waals surface area contributed by atoms with Crippen molar-refractivity contribution in [2.24, 2.45) is 0 Å². The summed E-state index contributed by atoms with van der Waals surface area (Å²) in [7, 11) is -3.88. The van der Waals surface area contributed by atoms with E-state index in [1.54, 1.807) is 35.2 Å². The second-order valence-electron chi connectivity index (χ2n) is 8.10. The molecule has 3 aromatic rings. The second-order valence-corrected chi connectivity index (χ2v) is 10.7. The Bertz CT molecular complexity index is 1350. The molecule has 2 heterocycles. The van der Waals surface area contributed by atoms with Gasteiger partial charge < -0.3 is 10.2 Å². The van der Waals surface area contributed by atoms with Gasteiger partial charge in [-0.25, -0.2) is 8.42 Å². The van der Waals surface area contributed by atoms with Crippen LogP contribution in [0.5, 0.6) is 0 Å². The van der Waals surface area contributed by atoms with Gasteiger partial charge in [0, 0.05) is 18.1 Å². The number of nitrogens with one attached hydrogen (secondary N) is 2. The third-order valence-electron chi connectivity index (χ3n) is 6.03. The number of carbonyl (C=O) groups excluding carboxylic acids is 1. The van der Waals surface area contributed by atoms with E-state index in [1.165, 1.54) is 6.07 Å². The summed E-state index contributed by atoms with van der Waals surface area (Å²) < 4.78 is 28.6. The van der Waals surface area contributed by atoms with Crippen LogP contribution in [0.1, 0.15) is 17.5 Å². The molecule has 0 aliphatic carbocycles. The van der Waals surface area contributed by atoms with Gasteiger partial charge in [0.05, 0.1) is 15.6 Å². The van der Waals surface area contributed by atoms with Crippen molar-refractivity contribution >= 4 is 68.0 Å². The van der Waals surface area contributed by atoms with Crippen LogP contribution in [0.4, 0.5) is 5.69 Å². The molecule has 10 heteroatoms. The number of sulfonamides is 1. The van der Waals surface area contributed by atoms with E-state index in [0.29, 0.717) is 28.7 Å². The summed E-state index contributed by atoms with van der Waals surface area (Å²) in [6, 6.07) is 13.1. The van der Waals surface area contributed by atoms with E-state index in [1.807, 2.05) is 12.1 Å². The van der Waals surface area contributed by atoms with E-state index >= 15 is 0 Å². The standard InChI is InChI=1S/C23H21Cl2N3O3S.ClH/c24-18-3-1-15-10-19(4-2-14(15)9-18)32(30,31)27-21-6-8-28(23(21)29)22-12-16-5-7-26-13-17(16)11-20(22)25;/h1-4,9-12,21,26-27H,5-8,13H2;1H/t21-;/m0./s1. The lowest BCUT2D eigenvalue weighted by atomic mass is 10.00. The largest absolute Gasteiger partial charge is 0.312 e. The summed E-state index contributed by atoms with van der Waals surface area (Å²) in [5.41, 5.74) is 2.93. The minimum Gasteiger partial charge on any atom is -0.312 e. The maximum absolute atomic E-state index is 13.1. The molecule has 1 fully saturated rings. The van der Waals surface area contributed by atoms with Crippen molar-refractivity contribution in [1.82, 2.24) is 10.0 Å². The Morgan fingerprint density at radius 1 is 1.00 bits per heavy atom. The number of amides is 1. The number of anilines is 1. The minimum absolute atomic E-state index is 0. The molecule has 6 nitrogen and oxygen atoms in total. The topological polar surface area (TPSA) is 78.5 Å². The van der Waals surface area contributed by atoms with Crippen molar-refractivity contribution in [3.63, 3.8) is 0 Å². The summed E-state index contributed by atoms with van der Waals surface area (Å²) in [6.07, 6.45) is 1.24. The van der Waals surface area contributed by atoms with E-state index in [-0.39, 0.29) is 23.2 Å². The van der Waals surface area contributed by atoms with Crippen molar-refractivity contribution in [3.05, 3.63) is 69.7 Å². The van der Waals surface area contributed by atoms with Crippen molar-refractivity contribution < 1.29 is 13.2 Å². The quantitative estimate of drug-likeness (QED) is 0.531. The van der Waals surface area contributed by atoms with Gasteiger partial charge in [-0.3, -0.25) is 4.79 Å². The van der Waals surface area contributed by atoms with Gasteiger partial charge in [0.1, 0.15) is 6.04 Å². The van der Waals surface area contributed by atoms with Crippen LogP contribution in [0.25, 0.3) is 10.8 Å². The van der Waals surface area contributed by atoms with Gasteiger partial charge in [0.2, 0.25) is 15.9 Å². The first kappa shape index (κ1) is 24.3. The van der Waals surface area contributed by atoms with Crippen molar-refractivity contribution in [1.29, 1.82) is 0 Å². The summed E-state index contributed by atoms with van der Waals surface area (Å²) in [5.74, 6) is -0.295. The Kier molecular flexibility index (Phi) is 6.92. The van der Waals surface area contributed by atoms with Crippen LogP contribution in [-0.4, -0.2) is 33.5 Å². The predicted octanol–water partition coefficient (Wildman–Crippen LogP) is 4.30. The zero-order valence-corrected chi connectivity index (χ0v) is 20.6. The van der Waals surface area contributed by atoms with E-state index in [4.69, 9.17) is 23.2 Å². The number of carbonyl (C=O) groups is 1. The molecular weight excluding hydrogens is 505 g/mol. The highest BCUT2D eigenvalue weighted by molar-refractivity contribution is 7.89. The van der Waals surface area contributed by atoms with Gasteiger partial charge in [0.25, 0.3) is 0 Å². The molecule has 0 saturated carbocycles. The van der Waals surface area contributed by atoms with E-state index < -0.39 is 16.1 Å². The molecule has 0 unspecified atom stereocenters. The number of halogens is 3. The molecule has 1 saturated heterocycles. The van der Waals surface area contributed by atoms with Crippen molar-refractivity contribution in [3.8, 4) is 0 Å². The normalized spacial score (nSPS) is 18.3. The minimum atomic E-state index is -3.88. The predicted molar refractivity (Wildman–Crippen MR) is 134 cm³/mol. The monoisotopic (exact) mass is 525 g/mol. The molecule has 0 bridgehead atoms. The smallest absolute Gasteiger partial charge is 0.245 e. The number of fused-ring (bicyclic) bond motifs is 2. The molecule has 5 rings (SSSR count).